The van der Waals surface area contributed by atoms with E-state index in [1.807, 2.05) is 0 Å². The van der Waals surface area contributed by atoms with Gasteiger partial charge in [0, 0.05) is 0 Å². The molecule has 1 aliphatic heterocycles. The summed E-state index contributed by atoms with van der Waals surface area (Å²) in [6.45, 7) is 1.18. The Morgan fingerprint density at radius 2 is 1.89 bits per heavy atom. The number of imidazole rings is 1. The van der Waals surface area contributed by atoms with Gasteiger partial charge in [-0.25, -0.2) is 15.0 Å². The number of nitrogen functional groups attached to an aromatic ring is 1. The topological polar surface area (TPSA) is 147 Å². The van der Waals surface area contributed by atoms with Gasteiger partial charge in [0.15, 0.2) is 17.7 Å². The molecule has 0 bridgehead atoms. The molecule has 150 valence electrons. The Hall–Kier alpha value is -1.24. The first kappa shape index (κ1) is 20.5. The van der Waals surface area contributed by atoms with Gasteiger partial charge in [0.2, 0.25) is 0 Å². The Labute approximate surface area is 160 Å². The number of aromatic nitrogens is 4. The number of ether oxygens (including phenoxy) is 1. The minimum atomic E-state index is -2.94. The summed E-state index contributed by atoms with van der Waals surface area (Å²) in [5.41, 5.74) is 6.54. The molecule has 1 saturated heterocycles. The highest BCUT2D eigenvalue weighted by Crippen LogP contribution is 2.50. The Morgan fingerprint density at radius 3 is 2.56 bits per heavy atom. The number of aliphatic hydroxyl groups excluding tert-OH is 2. The van der Waals surface area contributed by atoms with E-state index in [-0.39, 0.29) is 12.4 Å². The van der Waals surface area contributed by atoms with E-state index in [1.165, 1.54) is 17.2 Å². The molecule has 0 saturated carbocycles. The minimum Gasteiger partial charge on any atom is -0.387 e. The first-order valence-corrected chi connectivity index (χ1v) is 10.9. The zero-order valence-corrected chi connectivity index (χ0v) is 16.5. The van der Waals surface area contributed by atoms with Crippen LogP contribution in [0.25, 0.3) is 11.2 Å². The van der Waals surface area contributed by atoms with Gasteiger partial charge in [0.05, 0.1) is 26.1 Å². The third-order valence-electron chi connectivity index (χ3n) is 3.97. The first-order valence-electron chi connectivity index (χ1n) is 8.38. The lowest BCUT2D eigenvalue weighted by atomic mass is 10.1. The van der Waals surface area contributed by atoms with Crippen LogP contribution in [0.2, 0.25) is 0 Å². The van der Waals surface area contributed by atoms with Crippen LogP contribution in [0.15, 0.2) is 12.7 Å². The number of hydrogen-bond donors (Lipinski definition) is 3. The molecular formula is C14H22N5O6PS. The highest BCUT2D eigenvalue weighted by Gasteiger charge is 2.45. The maximum absolute atomic E-state index is 10.4. The van der Waals surface area contributed by atoms with Crippen molar-refractivity contribution >= 4 is 35.5 Å². The third-order valence-corrected chi connectivity index (χ3v) is 6.53. The van der Waals surface area contributed by atoms with Crippen LogP contribution in [0.3, 0.4) is 0 Å². The van der Waals surface area contributed by atoms with E-state index in [2.05, 4.69) is 15.0 Å². The van der Waals surface area contributed by atoms with Crippen LogP contribution >= 0.6 is 6.72 Å². The average Bonchev–Trinajstić information content (AvgIpc) is 3.17. The van der Waals surface area contributed by atoms with Crippen molar-refractivity contribution in [2.75, 3.05) is 25.6 Å². The molecule has 11 nitrogen and oxygen atoms in total. The lowest BCUT2D eigenvalue weighted by Crippen LogP contribution is -2.33. The van der Waals surface area contributed by atoms with Crippen molar-refractivity contribution in [3.05, 3.63) is 12.7 Å². The van der Waals surface area contributed by atoms with E-state index in [4.69, 9.17) is 35.8 Å². The second-order valence-corrected chi connectivity index (χ2v) is 8.72. The van der Waals surface area contributed by atoms with E-state index >= 15 is 0 Å². The van der Waals surface area contributed by atoms with Crippen molar-refractivity contribution in [3.63, 3.8) is 0 Å². The summed E-state index contributed by atoms with van der Waals surface area (Å²) in [5, 5.41) is 20.8. The SMILES string of the molecule is CCOP(=S)(OCC)OCC1OC(n2cnc3c(N)ncnc32)C(O)C1O. The van der Waals surface area contributed by atoms with Crippen LogP contribution in [0.5, 0.6) is 0 Å². The summed E-state index contributed by atoms with van der Waals surface area (Å²) in [4.78, 5) is 12.1. The van der Waals surface area contributed by atoms with Crippen molar-refractivity contribution in [1.82, 2.24) is 19.5 Å². The lowest BCUT2D eigenvalue weighted by molar-refractivity contribution is -0.0500. The summed E-state index contributed by atoms with van der Waals surface area (Å²) in [6.07, 6.45) is -1.50. The van der Waals surface area contributed by atoms with E-state index in [1.54, 1.807) is 13.8 Å². The molecule has 27 heavy (non-hydrogen) atoms. The van der Waals surface area contributed by atoms with E-state index in [0.29, 0.717) is 24.4 Å². The fraction of sp³-hybridized carbons (Fsp3) is 0.643. The molecule has 2 aromatic rings. The maximum atomic E-state index is 10.4. The molecule has 0 amide bonds. The zero-order chi connectivity index (χ0) is 19.6. The highest BCUT2D eigenvalue weighted by molar-refractivity contribution is 8.07. The van der Waals surface area contributed by atoms with Crippen molar-refractivity contribution < 1.29 is 28.5 Å². The van der Waals surface area contributed by atoms with Crippen LogP contribution < -0.4 is 5.73 Å². The van der Waals surface area contributed by atoms with Crippen molar-refractivity contribution in [2.45, 2.75) is 38.4 Å². The average molecular weight is 419 g/mol. The van der Waals surface area contributed by atoms with Crippen LogP contribution in [0.4, 0.5) is 5.82 Å². The van der Waals surface area contributed by atoms with Gasteiger partial charge in [-0.15, -0.1) is 0 Å². The number of aliphatic hydroxyl groups is 2. The highest BCUT2D eigenvalue weighted by atomic mass is 32.5. The molecular weight excluding hydrogens is 397 g/mol. The van der Waals surface area contributed by atoms with Gasteiger partial charge in [-0.1, -0.05) is 0 Å². The van der Waals surface area contributed by atoms with Crippen molar-refractivity contribution in [1.29, 1.82) is 0 Å². The molecule has 0 radical (unpaired) electrons. The van der Waals surface area contributed by atoms with Gasteiger partial charge < -0.3 is 34.3 Å². The Balaban J connectivity index is 1.75. The molecule has 4 unspecified atom stereocenters. The molecule has 3 heterocycles. The third kappa shape index (κ3) is 4.13. The molecule has 13 heteroatoms. The second kappa shape index (κ2) is 8.41. The minimum absolute atomic E-state index is 0.101. The summed E-state index contributed by atoms with van der Waals surface area (Å²) >= 11 is 5.29. The number of rotatable bonds is 8. The Bertz CT molecular complexity index is 827. The largest absolute Gasteiger partial charge is 0.387 e. The first-order chi connectivity index (χ1) is 12.9. The number of nitrogens with zero attached hydrogens (tertiary/aromatic N) is 4. The summed E-state index contributed by atoms with van der Waals surface area (Å²) < 4.78 is 23.7. The zero-order valence-electron chi connectivity index (χ0n) is 14.8. The Morgan fingerprint density at radius 1 is 1.19 bits per heavy atom. The number of fused-ring (bicyclic) bond motifs is 1. The number of anilines is 1. The molecule has 4 atom stereocenters. The predicted molar refractivity (Wildman–Crippen MR) is 99.1 cm³/mol. The standard InChI is InChI=1S/C14H22N5O6PS/c1-3-22-26(27,23-4-2)24-5-8-10(20)11(21)14(25-8)19-7-18-9-12(15)16-6-17-13(9)19/h6-8,10-11,14,20-21H,3-5H2,1-2H3,(H2,15,16,17). The van der Waals surface area contributed by atoms with Gasteiger partial charge >= 0.3 is 6.72 Å². The number of nitrogens with two attached hydrogens (primary N) is 1. The van der Waals surface area contributed by atoms with Crippen LogP contribution in [0.1, 0.15) is 20.1 Å². The van der Waals surface area contributed by atoms with Gasteiger partial charge in [-0.3, -0.25) is 4.57 Å². The second-order valence-electron chi connectivity index (χ2n) is 5.71. The van der Waals surface area contributed by atoms with Gasteiger partial charge in [0.25, 0.3) is 0 Å². The lowest BCUT2D eigenvalue weighted by Gasteiger charge is -2.23. The van der Waals surface area contributed by atoms with Crippen molar-refractivity contribution in [2.24, 2.45) is 0 Å². The molecule has 1 fully saturated rings. The monoisotopic (exact) mass is 419 g/mol. The quantitative estimate of drug-likeness (QED) is 0.509. The van der Waals surface area contributed by atoms with Crippen LogP contribution in [-0.2, 0) is 30.1 Å². The number of hydrogen-bond acceptors (Lipinski definition) is 11. The van der Waals surface area contributed by atoms with Gasteiger partial charge in [0.1, 0.15) is 30.2 Å². The summed E-state index contributed by atoms with van der Waals surface area (Å²) in [5.74, 6) is 0.209. The van der Waals surface area contributed by atoms with Gasteiger partial charge in [-0.2, -0.15) is 0 Å². The fourth-order valence-corrected chi connectivity index (χ4v) is 4.75. The normalized spacial score (nSPS) is 26.1. The van der Waals surface area contributed by atoms with E-state index < -0.39 is 31.3 Å². The molecule has 0 aliphatic carbocycles. The predicted octanol–water partition coefficient (Wildman–Crippen LogP) is 0.342. The van der Waals surface area contributed by atoms with Crippen molar-refractivity contribution in [3.8, 4) is 0 Å². The fourth-order valence-electron chi connectivity index (χ4n) is 2.75. The molecule has 0 spiro atoms. The van der Waals surface area contributed by atoms with E-state index in [0.717, 1.165) is 0 Å². The Kier molecular flexibility index (Phi) is 6.39. The molecule has 1 aliphatic rings. The molecule has 2 aromatic heterocycles. The summed E-state index contributed by atoms with van der Waals surface area (Å²) in [6, 6.07) is 0. The molecule has 3 rings (SSSR count). The molecule has 0 aromatic carbocycles. The van der Waals surface area contributed by atoms with E-state index in [9.17, 15) is 10.2 Å². The van der Waals surface area contributed by atoms with Gasteiger partial charge in [-0.05, 0) is 25.7 Å². The summed E-state index contributed by atoms with van der Waals surface area (Å²) in [7, 11) is 0. The van der Waals surface area contributed by atoms with Crippen LogP contribution in [0, 0.1) is 0 Å². The smallest absolute Gasteiger partial charge is 0.327 e. The molecule has 4 N–H and O–H groups in total. The maximum Gasteiger partial charge on any atom is 0.327 e. The van der Waals surface area contributed by atoms with Crippen LogP contribution in [-0.4, -0.2) is 67.9 Å².